The molecule has 0 atom stereocenters. The van der Waals surface area contributed by atoms with Gasteiger partial charge in [-0.25, -0.2) is 9.48 Å². The highest BCUT2D eigenvalue weighted by molar-refractivity contribution is 5.71. The fourth-order valence-corrected chi connectivity index (χ4v) is 4.42. The maximum Gasteiger partial charge on any atom is 0.410 e. The Kier molecular flexibility index (Phi) is 7.05. The molecule has 186 valence electrons. The molecule has 4 rings (SSSR count). The number of ether oxygens (including phenoxy) is 3. The van der Waals surface area contributed by atoms with E-state index in [1.165, 1.54) is 0 Å². The number of nitrogens with zero attached hydrogens (tertiary/aromatic N) is 3. The van der Waals surface area contributed by atoms with Crippen LogP contribution >= 0.6 is 0 Å². The van der Waals surface area contributed by atoms with E-state index >= 15 is 0 Å². The molecular weight excluding hydrogens is 442 g/mol. The van der Waals surface area contributed by atoms with Gasteiger partial charge >= 0.3 is 6.09 Å². The maximum absolute atomic E-state index is 12.5. The van der Waals surface area contributed by atoms with Gasteiger partial charge in [0.25, 0.3) is 0 Å². The molecule has 35 heavy (non-hydrogen) atoms. The lowest BCUT2D eigenvalue weighted by molar-refractivity contribution is 0.0204. The maximum atomic E-state index is 12.5. The van der Waals surface area contributed by atoms with E-state index in [-0.39, 0.29) is 12.0 Å². The first-order valence-corrected chi connectivity index (χ1v) is 12.1. The quantitative estimate of drug-likeness (QED) is 0.452. The van der Waals surface area contributed by atoms with E-state index in [0.29, 0.717) is 13.1 Å². The van der Waals surface area contributed by atoms with E-state index < -0.39 is 5.60 Å². The summed E-state index contributed by atoms with van der Waals surface area (Å²) in [6.07, 6.45) is 1.43. The summed E-state index contributed by atoms with van der Waals surface area (Å²) in [6, 6.07) is 16.2. The van der Waals surface area contributed by atoms with Crippen molar-refractivity contribution in [2.24, 2.45) is 0 Å². The molecular formula is C28H35N3O4. The zero-order valence-electron chi connectivity index (χ0n) is 21.5. The number of likely N-dealkylation sites (tertiary alicyclic amines) is 1. The molecule has 1 saturated heterocycles. The van der Waals surface area contributed by atoms with Crippen molar-refractivity contribution in [1.29, 1.82) is 0 Å². The average molecular weight is 478 g/mol. The summed E-state index contributed by atoms with van der Waals surface area (Å²) in [7, 11) is 3.35. The van der Waals surface area contributed by atoms with Crippen LogP contribution in [0.15, 0.2) is 48.5 Å². The van der Waals surface area contributed by atoms with Gasteiger partial charge in [-0.3, -0.25) is 0 Å². The summed E-state index contributed by atoms with van der Waals surface area (Å²) in [5.74, 6) is 1.85. The zero-order chi connectivity index (χ0) is 25.2. The molecule has 1 aliphatic heterocycles. The monoisotopic (exact) mass is 477 g/mol. The first-order valence-electron chi connectivity index (χ1n) is 12.1. The van der Waals surface area contributed by atoms with Gasteiger partial charge < -0.3 is 19.1 Å². The topological polar surface area (TPSA) is 65.8 Å². The highest BCUT2D eigenvalue weighted by Gasteiger charge is 2.29. The Morgan fingerprint density at radius 3 is 2.26 bits per heavy atom. The van der Waals surface area contributed by atoms with Crippen molar-refractivity contribution < 1.29 is 19.0 Å². The van der Waals surface area contributed by atoms with Crippen LogP contribution in [-0.2, 0) is 4.74 Å². The normalized spacial score (nSPS) is 14.6. The first-order chi connectivity index (χ1) is 16.7. The highest BCUT2D eigenvalue weighted by atomic mass is 16.6. The lowest BCUT2D eigenvalue weighted by atomic mass is 9.93. The molecule has 0 bridgehead atoms. The molecule has 0 spiro atoms. The van der Waals surface area contributed by atoms with Gasteiger partial charge in [-0.1, -0.05) is 11.6 Å². The number of aryl methyl sites for hydroxylation is 1. The lowest BCUT2D eigenvalue weighted by Crippen LogP contribution is -2.41. The molecule has 2 aromatic carbocycles. The van der Waals surface area contributed by atoms with Crippen LogP contribution in [0.5, 0.6) is 11.5 Å². The van der Waals surface area contributed by atoms with Crippen molar-refractivity contribution in [3.05, 3.63) is 59.8 Å². The van der Waals surface area contributed by atoms with E-state index in [1.807, 2.05) is 61.9 Å². The van der Waals surface area contributed by atoms with Crippen LogP contribution in [0.3, 0.4) is 0 Å². The Morgan fingerprint density at radius 2 is 1.66 bits per heavy atom. The van der Waals surface area contributed by atoms with E-state index in [0.717, 1.165) is 52.5 Å². The molecule has 1 aliphatic rings. The molecule has 7 nitrogen and oxygen atoms in total. The largest absolute Gasteiger partial charge is 0.497 e. The molecule has 2 heterocycles. The van der Waals surface area contributed by atoms with Crippen molar-refractivity contribution in [3.8, 4) is 28.4 Å². The molecule has 1 amide bonds. The third kappa shape index (κ3) is 5.61. The minimum Gasteiger partial charge on any atom is -0.497 e. The van der Waals surface area contributed by atoms with Gasteiger partial charge in [0.15, 0.2) is 0 Å². The lowest BCUT2D eigenvalue weighted by Gasteiger charge is -2.32. The van der Waals surface area contributed by atoms with Crippen LogP contribution in [0.1, 0.15) is 50.8 Å². The van der Waals surface area contributed by atoms with Gasteiger partial charge in [0.05, 0.1) is 31.3 Å². The molecule has 0 aliphatic carbocycles. The summed E-state index contributed by atoms with van der Waals surface area (Å²) >= 11 is 0. The molecule has 0 unspecified atom stereocenters. The number of carbonyl (C=O) groups is 1. The predicted molar refractivity (Wildman–Crippen MR) is 137 cm³/mol. The fourth-order valence-electron chi connectivity index (χ4n) is 4.42. The van der Waals surface area contributed by atoms with Crippen LogP contribution in [-0.4, -0.2) is 53.7 Å². The van der Waals surface area contributed by atoms with Gasteiger partial charge in [-0.05, 0) is 83.0 Å². The Balaban J connectivity index is 1.66. The molecule has 0 N–H and O–H groups in total. The SMILES string of the molecule is COc1ccc(-n2nc(C3CCN(C(=O)OC(C)(C)C)CC3)cc2-c2cc(C)ccc2OC)cc1. The number of amides is 1. The standard InChI is InChI=1S/C28H35N3O4/c1-19-7-12-26(34-6)23(17-19)25-18-24(29-31(25)21-8-10-22(33-5)11-9-21)20-13-15-30(16-14-20)27(32)35-28(2,3)4/h7-12,17-18,20H,13-16H2,1-6H3. The summed E-state index contributed by atoms with van der Waals surface area (Å²) in [5.41, 5.74) is 4.58. The molecule has 7 heteroatoms. The summed E-state index contributed by atoms with van der Waals surface area (Å²) in [5, 5.41) is 5.06. The van der Waals surface area contributed by atoms with Gasteiger partial charge in [-0.15, -0.1) is 0 Å². The minimum atomic E-state index is -0.493. The van der Waals surface area contributed by atoms with Crippen LogP contribution < -0.4 is 9.47 Å². The van der Waals surface area contributed by atoms with Crippen molar-refractivity contribution in [2.45, 2.75) is 52.1 Å². The second kappa shape index (κ2) is 10.0. The molecule has 1 fully saturated rings. The number of hydrogen-bond donors (Lipinski definition) is 0. The van der Waals surface area contributed by atoms with Crippen LogP contribution in [0.2, 0.25) is 0 Å². The zero-order valence-corrected chi connectivity index (χ0v) is 21.5. The van der Waals surface area contributed by atoms with E-state index in [1.54, 1.807) is 19.1 Å². The Bertz CT molecular complexity index is 1170. The second-order valence-electron chi connectivity index (χ2n) is 10.0. The molecule has 1 aromatic heterocycles. The number of rotatable bonds is 5. The Labute approximate surface area is 207 Å². The predicted octanol–water partition coefficient (Wildman–Crippen LogP) is 5.98. The first kappa shape index (κ1) is 24.6. The highest BCUT2D eigenvalue weighted by Crippen LogP contribution is 2.36. The van der Waals surface area contributed by atoms with Crippen molar-refractivity contribution in [2.75, 3.05) is 27.3 Å². The van der Waals surface area contributed by atoms with Crippen LogP contribution in [0, 0.1) is 6.92 Å². The third-order valence-electron chi connectivity index (χ3n) is 6.24. The van der Waals surface area contributed by atoms with Gasteiger partial charge in [0.1, 0.15) is 17.1 Å². The number of benzene rings is 2. The van der Waals surface area contributed by atoms with E-state index in [2.05, 4.69) is 19.1 Å². The smallest absolute Gasteiger partial charge is 0.410 e. The molecule has 0 radical (unpaired) electrons. The Morgan fingerprint density at radius 1 is 0.971 bits per heavy atom. The molecule has 0 saturated carbocycles. The fraction of sp³-hybridized carbons (Fsp3) is 0.429. The van der Waals surface area contributed by atoms with Crippen molar-refractivity contribution in [3.63, 3.8) is 0 Å². The van der Waals surface area contributed by atoms with Crippen LogP contribution in [0.25, 0.3) is 16.9 Å². The minimum absolute atomic E-state index is 0.245. The van der Waals surface area contributed by atoms with Gasteiger partial charge in [0, 0.05) is 24.6 Å². The van der Waals surface area contributed by atoms with Crippen molar-refractivity contribution in [1.82, 2.24) is 14.7 Å². The van der Waals surface area contributed by atoms with Crippen molar-refractivity contribution >= 4 is 6.09 Å². The number of piperidine rings is 1. The van der Waals surface area contributed by atoms with Gasteiger partial charge in [-0.2, -0.15) is 5.10 Å². The second-order valence-corrected chi connectivity index (χ2v) is 10.0. The number of hydrogen-bond acceptors (Lipinski definition) is 5. The van der Waals surface area contributed by atoms with E-state index in [4.69, 9.17) is 19.3 Å². The number of carbonyl (C=O) groups excluding carboxylic acids is 1. The summed E-state index contributed by atoms with van der Waals surface area (Å²) < 4.78 is 18.6. The summed E-state index contributed by atoms with van der Waals surface area (Å²) in [6.45, 7) is 9.06. The third-order valence-corrected chi connectivity index (χ3v) is 6.24. The number of methoxy groups -OCH3 is 2. The number of aromatic nitrogens is 2. The average Bonchev–Trinajstić information content (AvgIpc) is 3.28. The van der Waals surface area contributed by atoms with Gasteiger partial charge in [0.2, 0.25) is 0 Å². The Hall–Kier alpha value is -3.48. The summed E-state index contributed by atoms with van der Waals surface area (Å²) in [4.78, 5) is 14.3. The van der Waals surface area contributed by atoms with Crippen LogP contribution in [0.4, 0.5) is 4.79 Å². The molecule has 3 aromatic rings. The van der Waals surface area contributed by atoms with E-state index in [9.17, 15) is 4.79 Å².